The molecule has 6 heteroatoms. The molecule has 0 N–H and O–H groups in total. The number of aryl methyl sites for hydroxylation is 1. The lowest BCUT2D eigenvalue weighted by molar-refractivity contribution is -0.158. The van der Waals surface area contributed by atoms with Gasteiger partial charge in [-0.05, 0) is 45.1 Å². The summed E-state index contributed by atoms with van der Waals surface area (Å²) in [5.41, 5.74) is 0.450. The molecule has 1 aliphatic heterocycles. The number of cyclic esters (lactones) is 1. The summed E-state index contributed by atoms with van der Waals surface area (Å²) in [5, 5.41) is 0. The van der Waals surface area contributed by atoms with Crippen LogP contribution in [0.3, 0.4) is 0 Å². The molecule has 0 aliphatic carbocycles. The summed E-state index contributed by atoms with van der Waals surface area (Å²) in [6.45, 7) is 9.45. The van der Waals surface area contributed by atoms with E-state index in [2.05, 4.69) is 0 Å². The Morgan fingerprint density at radius 3 is 2.43 bits per heavy atom. The molecule has 0 radical (unpaired) electrons. The highest BCUT2D eigenvalue weighted by Gasteiger charge is 2.42. The fourth-order valence-corrected chi connectivity index (χ4v) is 3.26. The van der Waals surface area contributed by atoms with E-state index in [1.165, 1.54) is 4.90 Å². The van der Waals surface area contributed by atoms with Crippen LogP contribution in [0.1, 0.15) is 53.0 Å². The third kappa shape index (κ3) is 6.08. The Bertz CT molecular complexity index is 693. The molecule has 0 saturated carbocycles. The number of benzene rings is 1. The van der Waals surface area contributed by atoms with Crippen molar-refractivity contribution in [2.24, 2.45) is 11.8 Å². The molecule has 0 bridgehead atoms. The number of esters is 1. The number of ether oxygens (including phenoxy) is 2. The van der Waals surface area contributed by atoms with E-state index < -0.39 is 23.6 Å². The number of amides is 2. The van der Waals surface area contributed by atoms with Crippen molar-refractivity contribution in [3.05, 3.63) is 35.9 Å². The van der Waals surface area contributed by atoms with Crippen LogP contribution in [0.2, 0.25) is 0 Å². The van der Waals surface area contributed by atoms with Gasteiger partial charge in [0, 0.05) is 5.92 Å². The largest absolute Gasteiger partial charge is 0.460 e. The molecule has 2 amide bonds. The number of rotatable bonds is 7. The first kappa shape index (κ1) is 21.9. The molecule has 1 saturated heterocycles. The lowest BCUT2D eigenvalue weighted by Crippen LogP contribution is -2.45. The molecular weight excluding hydrogens is 358 g/mol. The Morgan fingerprint density at radius 2 is 1.86 bits per heavy atom. The maximum Gasteiger partial charge on any atom is 0.416 e. The van der Waals surface area contributed by atoms with Gasteiger partial charge < -0.3 is 9.47 Å². The lowest BCUT2D eigenvalue weighted by Gasteiger charge is -2.27. The number of hydrogen-bond donors (Lipinski definition) is 0. The van der Waals surface area contributed by atoms with Gasteiger partial charge in [0.2, 0.25) is 5.91 Å². The van der Waals surface area contributed by atoms with Gasteiger partial charge in [-0.1, -0.05) is 44.2 Å². The number of nitrogens with zero attached hydrogens (tertiary/aromatic N) is 1. The zero-order chi connectivity index (χ0) is 20.9. The minimum atomic E-state index is -0.637. The highest BCUT2D eigenvalue weighted by molar-refractivity contribution is 5.96. The Labute approximate surface area is 167 Å². The molecule has 6 nitrogen and oxygen atoms in total. The summed E-state index contributed by atoms with van der Waals surface area (Å²) >= 11 is 0. The second kappa shape index (κ2) is 9.22. The Kier molecular flexibility index (Phi) is 7.22. The van der Waals surface area contributed by atoms with Crippen LogP contribution in [0.25, 0.3) is 0 Å². The van der Waals surface area contributed by atoms with Gasteiger partial charge in [-0.3, -0.25) is 9.59 Å². The Balaban J connectivity index is 2.17. The van der Waals surface area contributed by atoms with E-state index in [1.807, 2.05) is 44.2 Å². The van der Waals surface area contributed by atoms with E-state index in [1.54, 1.807) is 20.8 Å². The van der Waals surface area contributed by atoms with E-state index >= 15 is 0 Å². The molecule has 154 valence electrons. The normalized spacial score (nSPS) is 18.1. The number of imide groups is 1. The molecule has 1 heterocycles. The predicted molar refractivity (Wildman–Crippen MR) is 106 cm³/mol. The van der Waals surface area contributed by atoms with Crippen LogP contribution in [-0.2, 0) is 25.5 Å². The third-order valence-electron chi connectivity index (χ3n) is 4.72. The maximum atomic E-state index is 13.2. The lowest BCUT2D eigenvalue weighted by atomic mass is 9.93. The zero-order valence-corrected chi connectivity index (χ0v) is 17.4. The first-order valence-corrected chi connectivity index (χ1v) is 9.84. The second-order valence-corrected chi connectivity index (χ2v) is 8.61. The van der Waals surface area contributed by atoms with Gasteiger partial charge in [-0.2, -0.15) is 0 Å². The van der Waals surface area contributed by atoms with Crippen LogP contribution >= 0.6 is 0 Å². The minimum Gasteiger partial charge on any atom is -0.460 e. The zero-order valence-electron chi connectivity index (χ0n) is 17.4. The molecule has 1 aromatic rings. The average Bonchev–Trinajstić information content (AvgIpc) is 2.99. The molecule has 2 unspecified atom stereocenters. The van der Waals surface area contributed by atoms with E-state index in [4.69, 9.17) is 9.47 Å². The predicted octanol–water partition coefficient (Wildman–Crippen LogP) is 3.97. The van der Waals surface area contributed by atoms with Crippen molar-refractivity contribution in [2.75, 3.05) is 6.61 Å². The topological polar surface area (TPSA) is 72.9 Å². The first-order chi connectivity index (χ1) is 13.1. The van der Waals surface area contributed by atoms with Gasteiger partial charge in [0.15, 0.2) is 0 Å². The quantitative estimate of drug-likeness (QED) is 0.660. The van der Waals surface area contributed by atoms with Crippen LogP contribution in [0.4, 0.5) is 4.79 Å². The molecule has 1 aromatic carbocycles. The highest BCUT2D eigenvalue weighted by Crippen LogP contribution is 2.26. The molecule has 2 atom stereocenters. The van der Waals surface area contributed by atoms with E-state index in [0.29, 0.717) is 12.8 Å². The summed E-state index contributed by atoms with van der Waals surface area (Å²) in [4.78, 5) is 39.0. The second-order valence-electron chi connectivity index (χ2n) is 8.61. The molecule has 1 aliphatic rings. The van der Waals surface area contributed by atoms with Gasteiger partial charge in [-0.25, -0.2) is 9.69 Å². The van der Waals surface area contributed by atoms with Crippen LogP contribution < -0.4 is 0 Å². The van der Waals surface area contributed by atoms with Crippen LogP contribution in [0.15, 0.2) is 30.3 Å². The summed E-state index contributed by atoms with van der Waals surface area (Å²) in [6, 6.07) is 9.46. The Hall–Kier alpha value is -2.37. The molecule has 28 heavy (non-hydrogen) atoms. The number of carbonyl (C=O) groups excluding carboxylic acids is 3. The summed E-state index contributed by atoms with van der Waals surface area (Å²) in [6.07, 6.45) is 0.404. The number of hydrogen-bond acceptors (Lipinski definition) is 5. The van der Waals surface area contributed by atoms with Crippen molar-refractivity contribution in [3.63, 3.8) is 0 Å². The monoisotopic (exact) mass is 389 g/mol. The third-order valence-corrected chi connectivity index (χ3v) is 4.72. The van der Waals surface area contributed by atoms with Crippen molar-refractivity contribution in [1.82, 2.24) is 4.90 Å². The van der Waals surface area contributed by atoms with Crippen LogP contribution in [0, 0.1) is 11.8 Å². The molecule has 1 fully saturated rings. The van der Waals surface area contributed by atoms with E-state index in [9.17, 15) is 14.4 Å². The molecule has 2 rings (SSSR count). The number of carbonyl (C=O) groups is 3. The van der Waals surface area contributed by atoms with Gasteiger partial charge in [0.1, 0.15) is 12.2 Å². The fourth-order valence-electron chi connectivity index (χ4n) is 3.26. The van der Waals surface area contributed by atoms with Crippen molar-refractivity contribution < 1.29 is 23.9 Å². The van der Waals surface area contributed by atoms with E-state index in [-0.39, 0.29) is 30.9 Å². The average molecular weight is 389 g/mol. The summed E-state index contributed by atoms with van der Waals surface area (Å²) in [5.74, 6) is -1.36. The van der Waals surface area contributed by atoms with Crippen LogP contribution in [0.5, 0.6) is 0 Å². The molecular formula is C22H31NO5. The minimum absolute atomic E-state index is 0.0580. The summed E-state index contributed by atoms with van der Waals surface area (Å²) in [7, 11) is 0. The van der Waals surface area contributed by atoms with Crippen molar-refractivity contribution >= 4 is 18.0 Å². The van der Waals surface area contributed by atoms with Gasteiger partial charge in [0.05, 0.1) is 12.5 Å². The molecule has 0 aromatic heterocycles. The summed E-state index contributed by atoms with van der Waals surface area (Å²) < 4.78 is 10.5. The van der Waals surface area contributed by atoms with Crippen molar-refractivity contribution in [2.45, 2.75) is 65.5 Å². The SMILES string of the molecule is CC(C)C1COC(=O)N1C(=O)C(CCc1ccccc1)CC(=O)OC(C)(C)C. The van der Waals surface area contributed by atoms with Gasteiger partial charge >= 0.3 is 12.1 Å². The highest BCUT2D eigenvalue weighted by atomic mass is 16.6. The standard InChI is InChI=1S/C22H31NO5/c1-15(2)18-14-27-21(26)23(18)20(25)17(13-19(24)28-22(3,4)5)12-11-16-9-7-6-8-10-16/h6-10,15,17-18H,11-14H2,1-5H3. The maximum absolute atomic E-state index is 13.2. The molecule has 0 spiro atoms. The van der Waals surface area contributed by atoms with Gasteiger partial charge in [0.25, 0.3) is 0 Å². The first-order valence-electron chi connectivity index (χ1n) is 9.84. The van der Waals surface area contributed by atoms with E-state index in [0.717, 1.165) is 5.56 Å². The van der Waals surface area contributed by atoms with Crippen molar-refractivity contribution in [1.29, 1.82) is 0 Å². The van der Waals surface area contributed by atoms with Gasteiger partial charge in [-0.15, -0.1) is 0 Å². The fraction of sp³-hybridized carbons (Fsp3) is 0.591. The smallest absolute Gasteiger partial charge is 0.416 e. The Morgan fingerprint density at radius 1 is 1.21 bits per heavy atom. The van der Waals surface area contributed by atoms with Crippen molar-refractivity contribution in [3.8, 4) is 0 Å². The van der Waals surface area contributed by atoms with Crippen LogP contribution in [-0.4, -0.2) is 41.1 Å².